The number of likely N-dealkylation sites (tertiary alicyclic amines) is 1. The SMILES string of the molecule is CC(=O)Cn1c(=O)n(C2CCN(CC(O)Cn3nc(-c4ccc(F)cc4)c4c3CCN(S(C)(=O)=O)C4)CC2)c2ccccc21.FCF. The highest BCUT2D eigenvalue weighted by Crippen LogP contribution is 2.32. The molecule has 4 aromatic rings. The van der Waals surface area contributed by atoms with Crippen LogP contribution in [0.5, 0.6) is 0 Å². The number of rotatable bonds is 9. The molecule has 1 saturated heterocycles. The molecule has 1 unspecified atom stereocenters. The molecule has 11 nitrogen and oxygen atoms in total. The molecule has 0 spiro atoms. The fourth-order valence-electron chi connectivity index (χ4n) is 6.62. The molecule has 15 heteroatoms. The van der Waals surface area contributed by atoms with Crippen LogP contribution in [0.3, 0.4) is 0 Å². The molecule has 0 radical (unpaired) electrons. The third-order valence-electron chi connectivity index (χ3n) is 8.71. The van der Waals surface area contributed by atoms with Crippen LogP contribution in [0.1, 0.15) is 37.1 Å². The largest absolute Gasteiger partial charge is 0.390 e. The predicted molar refractivity (Wildman–Crippen MR) is 171 cm³/mol. The van der Waals surface area contributed by atoms with Gasteiger partial charge in [-0.05, 0) is 56.2 Å². The van der Waals surface area contributed by atoms with Crippen molar-refractivity contribution in [2.24, 2.45) is 0 Å². The lowest BCUT2D eigenvalue weighted by Gasteiger charge is -2.33. The number of sulfonamides is 1. The van der Waals surface area contributed by atoms with Crippen LogP contribution < -0.4 is 5.69 Å². The van der Waals surface area contributed by atoms with E-state index >= 15 is 0 Å². The van der Waals surface area contributed by atoms with Gasteiger partial charge < -0.3 is 10.0 Å². The Kier molecular flexibility index (Phi) is 10.7. The lowest BCUT2D eigenvalue weighted by atomic mass is 10.0. The topological polar surface area (TPSA) is 123 Å². The highest BCUT2D eigenvalue weighted by Gasteiger charge is 2.31. The van der Waals surface area contributed by atoms with Crippen molar-refractivity contribution >= 4 is 26.8 Å². The van der Waals surface area contributed by atoms with Crippen LogP contribution in [0.25, 0.3) is 22.3 Å². The van der Waals surface area contributed by atoms with E-state index in [1.54, 1.807) is 21.4 Å². The van der Waals surface area contributed by atoms with E-state index in [-0.39, 0.29) is 43.0 Å². The summed E-state index contributed by atoms with van der Waals surface area (Å²) in [6.45, 7) is 2.32. The highest BCUT2D eigenvalue weighted by atomic mass is 32.2. The number of aliphatic hydroxyl groups excluding tert-OH is 1. The average molecular weight is 677 g/mol. The number of imidazole rings is 1. The van der Waals surface area contributed by atoms with Gasteiger partial charge in [0.1, 0.15) is 11.6 Å². The standard InChI is InChI=1S/C31H37FN6O5S.CH2F2/c1-21(39)17-36-28-5-3-4-6-29(28)38(31(36)41)24-11-14-34(15-12-24)18-25(40)19-37-27-13-16-35(44(2,42)43)20-26(27)30(33-37)22-7-9-23(32)10-8-22;2-1-3/h3-10,24-25,40H,11-20H2,1-2H3;1H2. The van der Waals surface area contributed by atoms with Gasteiger partial charge in [0.15, 0.2) is 0 Å². The van der Waals surface area contributed by atoms with Crippen LogP contribution in [0.15, 0.2) is 53.3 Å². The Balaban J connectivity index is 0.00000139. The highest BCUT2D eigenvalue weighted by molar-refractivity contribution is 7.88. The molecule has 2 aromatic carbocycles. The van der Waals surface area contributed by atoms with E-state index in [1.807, 2.05) is 28.8 Å². The third kappa shape index (κ3) is 7.69. The van der Waals surface area contributed by atoms with Gasteiger partial charge in [-0.15, -0.1) is 0 Å². The summed E-state index contributed by atoms with van der Waals surface area (Å²) in [5, 5.41) is 15.9. The van der Waals surface area contributed by atoms with E-state index < -0.39 is 23.1 Å². The number of halogens is 3. The second-order valence-electron chi connectivity index (χ2n) is 12.0. The van der Waals surface area contributed by atoms with E-state index in [0.29, 0.717) is 43.9 Å². The zero-order valence-corrected chi connectivity index (χ0v) is 27.2. The molecule has 1 N–H and O–H groups in total. The molecule has 6 rings (SSSR count). The quantitative estimate of drug-likeness (QED) is 0.289. The Labute approximate surface area is 270 Å². The summed E-state index contributed by atoms with van der Waals surface area (Å²) in [4.78, 5) is 27.4. The number of fused-ring (bicyclic) bond motifs is 2. The van der Waals surface area contributed by atoms with Gasteiger partial charge in [-0.25, -0.2) is 26.4 Å². The number of β-amino-alcohol motifs (C(OH)–C–C–N with tert-alkyl or cyclic N) is 1. The van der Waals surface area contributed by atoms with Crippen molar-refractivity contribution < 1.29 is 31.5 Å². The van der Waals surface area contributed by atoms with E-state index in [0.717, 1.165) is 35.1 Å². The van der Waals surface area contributed by atoms with Gasteiger partial charge in [0.25, 0.3) is 0 Å². The van der Waals surface area contributed by atoms with Gasteiger partial charge in [0, 0.05) is 62.0 Å². The van der Waals surface area contributed by atoms with Gasteiger partial charge in [0.2, 0.25) is 17.0 Å². The lowest BCUT2D eigenvalue weighted by Crippen LogP contribution is -2.42. The number of Topliss-reactive ketones (excluding diaryl/α,β-unsaturated/α-hetero) is 1. The fourth-order valence-corrected chi connectivity index (χ4v) is 7.40. The monoisotopic (exact) mass is 676 g/mol. The minimum Gasteiger partial charge on any atom is -0.390 e. The number of aliphatic hydroxyl groups is 1. The summed E-state index contributed by atoms with van der Waals surface area (Å²) in [6, 6.07) is 13.5. The second-order valence-corrected chi connectivity index (χ2v) is 14.0. The Morgan fingerprint density at radius 3 is 2.28 bits per heavy atom. The van der Waals surface area contributed by atoms with E-state index in [1.165, 1.54) is 29.6 Å². The number of para-hydroxylation sites is 2. The first-order valence-electron chi connectivity index (χ1n) is 15.4. The molecule has 1 atom stereocenters. The molecule has 4 heterocycles. The molecule has 254 valence electrons. The molecule has 2 aliphatic rings. The summed E-state index contributed by atoms with van der Waals surface area (Å²) in [7, 11) is -3.41. The summed E-state index contributed by atoms with van der Waals surface area (Å²) in [5.74, 6) is -0.444. The number of hydrogen-bond donors (Lipinski definition) is 1. The van der Waals surface area contributed by atoms with Gasteiger partial charge in [-0.1, -0.05) is 12.1 Å². The summed E-state index contributed by atoms with van der Waals surface area (Å²) < 4.78 is 64.0. The van der Waals surface area contributed by atoms with Crippen LogP contribution in [0.4, 0.5) is 13.2 Å². The molecular formula is C32H39F3N6O5S. The minimum atomic E-state index is -3.41. The van der Waals surface area contributed by atoms with Gasteiger partial charge in [-0.2, -0.15) is 9.40 Å². The number of ketones is 1. The number of carbonyl (C=O) groups is 1. The Morgan fingerprint density at radius 1 is 1.02 bits per heavy atom. The van der Waals surface area contributed by atoms with Gasteiger partial charge in [0.05, 0.1) is 42.2 Å². The van der Waals surface area contributed by atoms with Crippen LogP contribution >= 0.6 is 0 Å². The van der Waals surface area contributed by atoms with Crippen molar-refractivity contribution in [3.05, 3.63) is 76.1 Å². The van der Waals surface area contributed by atoms with E-state index in [9.17, 15) is 36.3 Å². The zero-order valence-electron chi connectivity index (χ0n) is 26.4. The Hall–Kier alpha value is -3.79. The Bertz CT molecular complexity index is 1880. The van der Waals surface area contributed by atoms with Crippen molar-refractivity contribution in [3.8, 4) is 11.3 Å². The van der Waals surface area contributed by atoms with Crippen molar-refractivity contribution in [2.75, 3.05) is 39.4 Å². The van der Waals surface area contributed by atoms with Crippen LogP contribution in [-0.4, -0.2) is 92.9 Å². The van der Waals surface area contributed by atoms with Crippen LogP contribution in [0, 0.1) is 5.82 Å². The van der Waals surface area contributed by atoms with E-state index in [2.05, 4.69) is 4.90 Å². The first-order valence-corrected chi connectivity index (χ1v) is 17.3. The molecule has 2 aliphatic heterocycles. The van der Waals surface area contributed by atoms with Crippen LogP contribution in [0.2, 0.25) is 0 Å². The zero-order chi connectivity index (χ0) is 33.9. The van der Waals surface area contributed by atoms with Crippen molar-refractivity contribution in [3.63, 3.8) is 0 Å². The lowest BCUT2D eigenvalue weighted by molar-refractivity contribution is -0.117. The molecule has 2 aromatic heterocycles. The summed E-state index contributed by atoms with van der Waals surface area (Å²) >= 11 is 0. The first-order chi connectivity index (χ1) is 22.4. The molecule has 0 amide bonds. The van der Waals surface area contributed by atoms with Crippen molar-refractivity contribution in [2.45, 2.75) is 58.0 Å². The number of alkyl halides is 2. The van der Waals surface area contributed by atoms with Crippen molar-refractivity contribution in [1.29, 1.82) is 0 Å². The van der Waals surface area contributed by atoms with Gasteiger partial charge >= 0.3 is 5.69 Å². The third-order valence-corrected chi connectivity index (χ3v) is 9.96. The Morgan fingerprint density at radius 2 is 1.66 bits per heavy atom. The predicted octanol–water partition coefficient (Wildman–Crippen LogP) is 3.29. The van der Waals surface area contributed by atoms with E-state index in [4.69, 9.17) is 5.10 Å². The molecule has 47 heavy (non-hydrogen) atoms. The normalized spacial score (nSPS) is 16.9. The maximum absolute atomic E-state index is 13.6. The maximum atomic E-state index is 13.6. The fraction of sp³-hybridized carbons (Fsp3) is 0.469. The number of benzene rings is 2. The number of piperidine rings is 1. The number of carbonyl (C=O) groups excluding carboxylic acids is 1. The number of aromatic nitrogens is 4. The minimum absolute atomic E-state index is 0.0109. The number of nitrogens with zero attached hydrogens (tertiary/aromatic N) is 6. The maximum Gasteiger partial charge on any atom is 0.329 e. The summed E-state index contributed by atoms with van der Waals surface area (Å²) in [5.41, 5.74) is 4.34. The molecule has 1 fully saturated rings. The second kappa shape index (κ2) is 14.5. The molecular weight excluding hydrogens is 637 g/mol. The average Bonchev–Trinajstić information content (AvgIpc) is 3.52. The molecule has 0 aliphatic carbocycles. The molecule has 0 bridgehead atoms. The summed E-state index contributed by atoms with van der Waals surface area (Å²) in [6.07, 6.45) is 2.38. The van der Waals surface area contributed by atoms with Crippen LogP contribution in [-0.2, 0) is 40.9 Å². The smallest absolute Gasteiger partial charge is 0.329 e. The number of hydrogen-bond acceptors (Lipinski definition) is 7. The van der Waals surface area contributed by atoms with Crippen molar-refractivity contribution in [1.82, 2.24) is 28.1 Å². The van der Waals surface area contributed by atoms with Gasteiger partial charge in [-0.3, -0.25) is 18.6 Å². The first kappa shape index (κ1) is 34.5. The molecule has 0 saturated carbocycles.